The third kappa shape index (κ3) is 2.84. The van der Waals surface area contributed by atoms with Crippen molar-refractivity contribution in [2.45, 2.75) is 13.8 Å². The van der Waals surface area contributed by atoms with E-state index in [4.69, 9.17) is 0 Å². The van der Waals surface area contributed by atoms with Gasteiger partial charge in [-0.3, -0.25) is 9.59 Å². The summed E-state index contributed by atoms with van der Waals surface area (Å²) in [5.41, 5.74) is 1.76. The second-order valence-corrected chi connectivity index (χ2v) is 5.07. The lowest BCUT2D eigenvalue weighted by Gasteiger charge is -2.03. The molecule has 2 rings (SSSR count). The number of benzene rings is 1. The van der Waals surface area contributed by atoms with E-state index in [1.165, 1.54) is 18.3 Å². The molecule has 0 bridgehead atoms. The lowest BCUT2D eigenvalue weighted by atomic mass is 10.1. The van der Waals surface area contributed by atoms with Crippen LogP contribution in [0.25, 0.3) is 10.4 Å². The van der Waals surface area contributed by atoms with Crippen LogP contribution in [0.15, 0.2) is 36.4 Å². The van der Waals surface area contributed by atoms with Gasteiger partial charge in [-0.1, -0.05) is 12.1 Å². The van der Waals surface area contributed by atoms with E-state index in [0.717, 1.165) is 21.0 Å². The van der Waals surface area contributed by atoms with Crippen LogP contribution in [0.1, 0.15) is 23.5 Å². The van der Waals surface area contributed by atoms with Crippen molar-refractivity contribution < 1.29 is 9.59 Å². The third-order valence-electron chi connectivity index (χ3n) is 2.42. The van der Waals surface area contributed by atoms with Crippen LogP contribution < -0.4 is 5.32 Å². The first-order chi connectivity index (χ1) is 8.56. The van der Waals surface area contributed by atoms with Gasteiger partial charge in [-0.05, 0) is 36.8 Å². The zero-order valence-electron chi connectivity index (χ0n) is 10.2. The van der Waals surface area contributed by atoms with Crippen molar-refractivity contribution in [1.29, 1.82) is 0 Å². The molecule has 0 radical (unpaired) electrons. The van der Waals surface area contributed by atoms with Crippen LogP contribution >= 0.6 is 11.3 Å². The van der Waals surface area contributed by atoms with Gasteiger partial charge in [-0.25, -0.2) is 0 Å². The van der Waals surface area contributed by atoms with E-state index in [-0.39, 0.29) is 11.7 Å². The van der Waals surface area contributed by atoms with Crippen LogP contribution in [0.5, 0.6) is 0 Å². The Labute approximate surface area is 109 Å². The lowest BCUT2D eigenvalue weighted by Crippen LogP contribution is -2.05. The molecule has 2 aromatic rings. The molecule has 3 nitrogen and oxygen atoms in total. The summed E-state index contributed by atoms with van der Waals surface area (Å²) in [5.74, 6) is -0.0213. The van der Waals surface area contributed by atoms with Gasteiger partial charge >= 0.3 is 0 Å². The second kappa shape index (κ2) is 5.14. The molecule has 1 aromatic heterocycles. The van der Waals surface area contributed by atoms with Crippen molar-refractivity contribution in [1.82, 2.24) is 0 Å². The number of Topliss-reactive ketones (excluding diaryl/α,β-unsaturated/α-hetero) is 1. The summed E-state index contributed by atoms with van der Waals surface area (Å²) in [5, 5.41) is 2.74. The van der Waals surface area contributed by atoms with Gasteiger partial charge in [0.1, 0.15) is 0 Å². The lowest BCUT2D eigenvalue weighted by molar-refractivity contribution is -0.114. The average Bonchev–Trinajstić information content (AvgIpc) is 2.77. The van der Waals surface area contributed by atoms with Gasteiger partial charge in [0, 0.05) is 17.5 Å². The normalized spacial score (nSPS) is 10.1. The molecule has 1 amide bonds. The van der Waals surface area contributed by atoms with E-state index < -0.39 is 0 Å². The highest BCUT2D eigenvalue weighted by Crippen LogP contribution is 2.29. The fraction of sp³-hybridized carbons (Fsp3) is 0.143. The highest BCUT2D eigenvalue weighted by Gasteiger charge is 2.06. The van der Waals surface area contributed by atoms with E-state index in [9.17, 15) is 9.59 Å². The number of thiophene rings is 1. The molecular weight excluding hydrogens is 246 g/mol. The Kier molecular flexibility index (Phi) is 3.58. The topological polar surface area (TPSA) is 46.2 Å². The summed E-state index contributed by atoms with van der Waals surface area (Å²) < 4.78 is 0. The molecule has 18 heavy (non-hydrogen) atoms. The molecule has 92 valence electrons. The quantitative estimate of drug-likeness (QED) is 0.856. The standard InChI is InChI=1S/C14H13NO2S/c1-9(16)13-6-7-14(18-13)11-4-3-5-12(8-11)15-10(2)17/h3-8H,1-2H3,(H,15,17). The number of anilines is 1. The minimum absolute atomic E-state index is 0.0734. The molecule has 0 saturated carbocycles. The fourth-order valence-corrected chi connectivity index (χ4v) is 2.53. The van der Waals surface area contributed by atoms with Crippen LogP contribution in [-0.2, 0) is 4.79 Å². The number of ketones is 1. The van der Waals surface area contributed by atoms with Crippen molar-refractivity contribution in [3.63, 3.8) is 0 Å². The summed E-state index contributed by atoms with van der Waals surface area (Å²) in [6.07, 6.45) is 0. The van der Waals surface area contributed by atoms with Crippen molar-refractivity contribution in [2.24, 2.45) is 0 Å². The summed E-state index contributed by atoms with van der Waals surface area (Å²) in [6, 6.07) is 11.3. The van der Waals surface area contributed by atoms with Gasteiger partial charge in [0.05, 0.1) is 4.88 Å². The summed E-state index contributed by atoms with van der Waals surface area (Å²) >= 11 is 1.46. The molecule has 0 aliphatic rings. The fourth-order valence-electron chi connectivity index (χ4n) is 1.64. The Morgan fingerprint density at radius 2 is 1.89 bits per heavy atom. The Morgan fingerprint density at radius 1 is 1.11 bits per heavy atom. The van der Waals surface area contributed by atoms with Crippen molar-refractivity contribution >= 4 is 28.7 Å². The van der Waals surface area contributed by atoms with E-state index in [0.29, 0.717) is 0 Å². The van der Waals surface area contributed by atoms with Crippen molar-refractivity contribution in [3.8, 4) is 10.4 Å². The highest BCUT2D eigenvalue weighted by molar-refractivity contribution is 7.17. The largest absolute Gasteiger partial charge is 0.326 e. The van der Waals surface area contributed by atoms with Crippen molar-refractivity contribution in [2.75, 3.05) is 5.32 Å². The summed E-state index contributed by atoms with van der Waals surface area (Å²) in [6.45, 7) is 3.04. The van der Waals surface area contributed by atoms with Gasteiger partial charge in [0.2, 0.25) is 5.91 Å². The molecule has 0 unspecified atom stereocenters. The van der Waals surface area contributed by atoms with Crippen molar-refractivity contribution in [3.05, 3.63) is 41.3 Å². The second-order valence-electron chi connectivity index (χ2n) is 3.98. The Balaban J connectivity index is 2.32. The first-order valence-electron chi connectivity index (χ1n) is 5.55. The van der Waals surface area contributed by atoms with Gasteiger partial charge in [0.25, 0.3) is 0 Å². The molecule has 0 aliphatic carbocycles. The summed E-state index contributed by atoms with van der Waals surface area (Å²) in [4.78, 5) is 24.0. The van der Waals surface area contributed by atoms with Crippen LogP contribution in [0.3, 0.4) is 0 Å². The number of carbonyl (C=O) groups is 2. The number of rotatable bonds is 3. The van der Waals surface area contributed by atoms with Gasteiger partial charge in [-0.15, -0.1) is 11.3 Å². The molecule has 0 spiro atoms. The predicted molar refractivity (Wildman–Crippen MR) is 74.1 cm³/mol. The maximum atomic E-state index is 11.3. The van der Waals surface area contributed by atoms with Crippen LogP contribution in [-0.4, -0.2) is 11.7 Å². The molecule has 1 heterocycles. The Hall–Kier alpha value is -1.94. The van der Waals surface area contributed by atoms with Gasteiger partial charge in [0.15, 0.2) is 5.78 Å². The summed E-state index contributed by atoms with van der Waals surface area (Å²) in [7, 11) is 0. The predicted octanol–water partition coefficient (Wildman–Crippen LogP) is 3.58. The van der Waals surface area contributed by atoms with E-state index in [2.05, 4.69) is 5.32 Å². The Bertz CT molecular complexity index is 601. The molecule has 0 fully saturated rings. The number of hydrogen-bond donors (Lipinski definition) is 1. The first kappa shape index (κ1) is 12.5. The number of hydrogen-bond acceptors (Lipinski definition) is 3. The molecule has 1 aromatic carbocycles. The zero-order valence-corrected chi connectivity index (χ0v) is 11.0. The van der Waals surface area contributed by atoms with Gasteiger partial charge < -0.3 is 5.32 Å². The van der Waals surface area contributed by atoms with Crippen LogP contribution in [0, 0.1) is 0 Å². The smallest absolute Gasteiger partial charge is 0.221 e. The molecule has 0 atom stereocenters. The van der Waals surface area contributed by atoms with Crippen LogP contribution in [0.2, 0.25) is 0 Å². The van der Waals surface area contributed by atoms with E-state index >= 15 is 0 Å². The minimum atomic E-state index is -0.0947. The molecule has 0 aliphatic heterocycles. The molecule has 1 N–H and O–H groups in total. The third-order valence-corrected chi connectivity index (χ3v) is 3.66. The number of nitrogens with one attached hydrogen (secondary N) is 1. The maximum absolute atomic E-state index is 11.3. The maximum Gasteiger partial charge on any atom is 0.221 e. The molecule has 4 heteroatoms. The van der Waals surface area contributed by atoms with E-state index in [1.54, 1.807) is 6.92 Å². The monoisotopic (exact) mass is 259 g/mol. The molecule has 0 saturated heterocycles. The van der Waals surface area contributed by atoms with Gasteiger partial charge in [-0.2, -0.15) is 0 Å². The van der Waals surface area contributed by atoms with E-state index in [1.807, 2.05) is 36.4 Å². The van der Waals surface area contributed by atoms with Crippen LogP contribution in [0.4, 0.5) is 5.69 Å². The number of amides is 1. The number of carbonyl (C=O) groups excluding carboxylic acids is 2. The zero-order chi connectivity index (χ0) is 13.1. The minimum Gasteiger partial charge on any atom is -0.326 e. The Morgan fingerprint density at radius 3 is 2.50 bits per heavy atom. The molecular formula is C14H13NO2S. The average molecular weight is 259 g/mol. The highest BCUT2D eigenvalue weighted by atomic mass is 32.1. The SMILES string of the molecule is CC(=O)Nc1cccc(-c2ccc(C(C)=O)s2)c1. The first-order valence-corrected chi connectivity index (χ1v) is 6.37.